The van der Waals surface area contributed by atoms with E-state index in [1.807, 2.05) is 0 Å². The van der Waals surface area contributed by atoms with E-state index in [0.717, 1.165) is 12.1 Å². The Balaban J connectivity index is 2.00. The van der Waals surface area contributed by atoms with Crippen LogP contribution in [-0.4, -0.2) is 39.7 Å². The predicted molar refractivity (Wildman–Crippen MR) is 93.3 cm³/mol. The Kier molecular flexibility index (Phi) is 4.49. The summed E-state index contributed by atoms with van der Waals surface area (Å²) in [6.45, 7) is -0.928. The van der Waals surface area contributed by atoms with E-state index in [0.29, 0.717) is 6.07 Å². The maximum Gasteiger partial charge on any atom is 0.425 e. The second-order valence-corrected chi connectivity index (χ2v) is 6.75. The molecular weight excluding hydrogens is 394 g/mol. The van der Waals surface area contributed by atoms with Crippen LogP contribution in [0.25, 0.3) is 22.5 Å². The van der Waals surface area contributed by atoms with Gasteiger partial charge in [-0.15, -0.1) is 0 Å². The van der Waals surface area contributed by atoms with Crippen molar-refractivity contribution in [3.05, 3.63) is 65.4 Å². The lowest BCUT2D eigenvalue weighted by Gasteiger charge is -2.28. The molecule has 1 aliphatic rings. The summed E-state index contributed by atoms with van der Waals surface area (Å²) in [5.74, 6) is -1.91. The van der Waals surface area contributed by atoms with Gasteiger partial charge in [0.25, 0.3) is 0 Å². The van der Waals surface area contributed by atoms with Crippen LogP contribution in [0.15, 0.2) is 47.0 Å². The third-order valence-corrected chi connectivity index (χ3v) is 5.07. The number of nitrogens with zero attached hydrogens (tertiary/aromatic N) is 1. The molecule has 3 aromatic rings. The monoisotopic (exact) mass is 409 g/mol. The van der Waals surface area contributed by atoms with E-state index in [-0.39, 0.29) is 28.3 Å². The van der Waals surface area contributed by atoms with Gasteiger partial charge in [-0.2, -0.15) is 13.2 Å². The molecule has 0 radical (unpaired) electrons. The minimum Gasteiger partial charge on any atom is -0.440 e. The minimum atomic E-state index is -5.09. The number of hydrogen-bond acceptors (Lipinski definition) is 5. The third kappa shape index (κ3) is 2.77. The number of oxazole rings is 1. The number of aliphatic hydroxyl groups is 3. The molecule has 0 bridgehead atoms. The van der Waals surface area contributed by atoms with Crippen LogP contribution in [0.3, 0.4) is 0 Å². The summed E-state index contributed by atoms with van der Waals surface area (Å²) in [6.07, 6.45) is -3.92. The fourth-order valence-electron chi connectivity index (χ4n) is 3.66. The first-order valence-corrected chi connectivity index (χ1v) is 8.63. The van der Waals surface area contributed by atoms with Crippen LogP contribution in [0.1, 0.15) is 22.9 Å². The largest absolute Gasteiger partial charge is 0.440 e. The second-order valence-electron chi connectivity index (χ2n) is 6.75. The lowest BCUT2D eigenvalue weighted by Crippen LogP contribution is -2.41. The van der Waals surface area contributed by atoms with Crippen molar-refractivity contribution in [2.24, 2.45) is 0 Å². The van der Waals surface area contributed by atoms with Gasteiger partial charge < -0.3 is 19.7 Å². The Hall–Kier alpha value is -2.75. The van der Waals surface area contributed by atoms with Crippen LogP contribution in [0.2, 0.25) is 0 Å². The molecule has 0 unspecified atom stereocenters. The van der Waals surface area contributed by atoms with Crippen LogP contribution >= 0.6 is 0 Å². The zero-order chi connectivity index (χ0) is 21.0. The Morgan fingerprint density at radius 2 is 1.72 bits per heavy atom. The van der Waals surface area contributed by atoms with Gasteiger partial charge in [-0.1, -0.05) is 24.3 Å². The normalized spacial score (nSPS) is 18.2. The lowest BCUT2D eigenvalue weighted by atomic mass is 9.90. The molecular formula is C20H15F4NO4. The molecule has 0 amide bonds. The number of rotatable bonds is 4. The maximum atomic E-state index is 14.3. The molecule has 1 atom stereocenters. The first kappa shape index (κ1) is 19.6. The fourth-order valence-corrected chi connectivity index (χ4v) is 3.66. The van der Waals surface area contributed by atoms with E-state index in [4.69, 9.17) is 4.42 Å². The summed E-state index contributed by atoms with van der Waals surface area (Å²) in [5, 5.41) is 29.2. The number of aliphatic hydroxyl groups excluding tert-OH is 2. The zero-order valence-electron chi connectivity index (χ0n) is 14.7. The number of hydrogen-bond donors (Lipinski definition) is 3. The molecule has 0 saturated heterocycles. The standard InChI is InChI=1S/C20H15F4NO4/c21-11-5-13(16-7-25-18(29-16)10(8-26)9-27)17-12-3-1-2-4-14(12)19(28,15(17)6-11)20(22,23)24/h1-7,10,26-28H,8-9H2/t19-/m1/s1. The summed E-state index contributed by atoms with van der Waals surface area (Å²) in [6, 6.07) is 7.07. The topological polar surface area (TPSA) is 86.7 Å². The average Bonchev–Trinajstić information content (AvgIpc) is 3.25. The highest BCUT2D eigenvalue weighted by atomic mass is 19.4. The van der Waals surface area contributed by atoms with E-state index in [9.17, 15) is 32.9 Å². The van der Waals surface area contributed by atoms with Gasteiger partial charge in [-0.05, 0) is 17.7 Å². The quantitative estimate of drug-likeness (QED) is 0.576. The van der Waals surface area contributed by atoms with Crippen molar-refractivity contribution in [2.45, 2.75) is 17.7 Å². The fraction of sp³-hybridized carbons (Fsp3) is 0.250. The van der Waals surface area contributed by atoms with Crippen molar-refractivity contribution in [3.63, 3.8) is 0 Å². The van der Waals surface area contributed by atoms with Crippen molar-refractivity contribution in [1.82, 2.24) is 4.98 Å². The van der Waals surface area contributed by atoms with Crippen molar-refractivity contribution in [3.8, 4) is 22.5 Å². The van der Waals surface area contributed by atoms with Gasteiger partial charge in [-0.3, -0.25) is 0 Å². The van der Waals surface area contributed by atoms with E-state index >= 15 is 0 Å². The Bertz CT molecular complexity index is 1070. The molecule has 5 nitrogen and oxygen atoms in total. The molecule has 4 rings (SSSR count). The summed E-state index contributed by atoms with van der Waals surface area (Å²) >= 11 is 0. The summed E-state index contributed by atoms with van der Waals surface area (Å²) in [5.41, 5.74) is -4.37. The molecule has 1 aliphatic carbocycles. The van der Waals surface area contributed by atoms with Gasteiger partial charge in [0.15, 0.2) is 5.76 Å². The van der Waals surface area contributed by atoms with Crippen molar-refractivity contribution >= 4 is 0 Å². The highest BCUT2D eigenvalue weighted by Gasteiger charge is 2.61. The van der Waals surface area contributed by atoms with Crippen LogP contribution in [0, 0.1) is 5.82 Å². The van der Waals surface area contributed by atoms with Crippen molar-refractivity contribution < 1.29 is 37.3 Å². The van der Waals surface area contributed by atoms with Gasteiger partial charge in [0.1, 0.15) is 5.82 Å². The maximum absolute atomic E-state index is 14.3. The van der Waals surface area contributed by atoms with Gasteiger partial charge in [-0.25, -0.2) is 9.37 Å². The van der Waals surface area contributed by atoms with E-state index in [1.54, 1.807) is 0 Å². The highest BCUT2D eigenvalue weighted by molar-refractivity contribution is 5.91. The molecule has 0 saturated carbocycles. The second kappa shape index (κ2) is 6.65. The number of aromatic nitrogens is 1. The van der Waals surface area contributed by atoms with Crippen LogP contribution in [0.5, 0.6) is 0 Å². The summed E-state index contributed by atoms with van der Waals surface area (Å²) in [4.78, 5) is 3.94. The smallest absolute Gasteiger partial charge is 0.425 e. The predicted octanol–water partition coefficient (Wildman–Crippen LogP) is 3.33. The van der Waals surface area contributed by atoms with Crippen molar-refractivity contribution in [1.29, 1.82) is 0 Å². The first-order valence-electron chi connectivity index (χ1n) is 8.63. The molecule has 29 heavy (non-hydrogen) atoms. The van der Waals surface area contributed by atoms with Crippen LogP contribution < -0.4 is 0 Å². The van der Waals surface area contributed by atoms with Gasteiger partial charge in [0, 0.05) is 22.3 Å². The molecule has 3 N–H and O–H groups in total. The minimum absolute atomic E-state index is 0.0194. The number of alkyl halides is 3. The van der Waals surface area contributed by atoms with Crippen molar-refractivity contribution in [2.75, 3.05) is 13.2 Å². The van der Waals surface area contributed by atoms with Gasteiger partial charge in [0.2, 0.25) is 11.5 Å². The third-order valence-electron chi connectivity index (χ3n) is 5.07. The van der Waals surface area contributed by atoms with Gasteiger partial charge >= 0.3 is 6.18 Å². The van der Waals surface area contributed by atoms with E-state index in [1.165, 1.54) is 24.4 Å². The zero-order valence-corrected chi connectivity index (χ0v) is 14.7. The number of fused-ring (bicyclic) bond motifs is 3. The van der Waals surface area contributed by atoms with Crippen LogP contribution in [-0.2, 0) is 5.60 Å². The molecule has 1 aromatic heterocycles. The van der Waals surface area contributed by atoms with Crippen LogP contribution in [0.4, 0.5) is 17.6 Å². The molecule has 2 aromatic carbocycles. The average molecular weight is 409 g/mol. The highest BCUT2D eigenvalue weighted by Crippen LogP contribution is 2.57. The Morgan fingerprint density at radius 1 is 1.03 bits per heavy atom. The number of halogens is 4. The molecule has 9 heteroatoms. The van der Waals surface area contributed by atoms with E-state index < -0.39 is 47.9 Å². The molecule has 1 heterocycles. The molecule has 0 spiro atoms. The number of benzene rings is 2. The molecule has 152 valence electrons. The molecule has 0 fully saturated rings. The summed E-state index contributed by atoms with van der Waals surface area (Å²) in [7, 11) is 0. The lowest BCUT2D eigenvalue weighted by molar-refractivity contribution is -0.246. The van der Waals surface area contributed by atoms with Gasteiger partial charge in [0.05, 0.1) is 25.3 Å². The Morgan fingerprint density at radius 3 is 2.38 bits per heavy atom. The molecule has 0 aliphatic heterocycles. The SMILES string of the molecule is OCC(CO)c1ncc(-c2cc(F)cc3c2-c2ccccc2[C@]3(O)C(F)(F)F)o1. The Labute approximate surface area is 161 Å². The summed E-state index contributed by atoms with van der Waals surface area (Å²) < 4.78 is 61.6. The van der Waals surface area contributed by atoms with E-state index in [2.05, 4.69) is 4.98 Å². The first-order chi connectivity index (χ1) is 13.7.